The molecule has 2 aromatic rings. The molecule has 0 heterocycles. The van der Waals surface area contributed by atoms with E-state index in [9.17, 15) is 4.39 Å². The molecule has 0 fully saturated rings. The number of benzene rings is 2. The van der Waals surface area contributed by atoms with Crippen molar-refractivity contribution in [1.82, 2.24) is 5.32 Å². The van der Waals surface area contributed by atoms with Gasteiger partial charge in [0.15, 0.2) is 11.6 Å². The van der Waals surface area contributed by atoms with Gasteiger partial charge in [-0.05, 0) is 63.1 Å². The fourth-order valence-electron chi connectivity index (χ4n) is 1.86. The summed E-state index contributed by atoms with van der Waals surface area (Å²) in [6.45, 7) is 9.09. The van der Waals surface area contributed by atoms with E-state index in [2.05, 4.69) is 26.1 Å². The first-order valence-corrected chi connectivity index (χ1v) is 7.11. The molecule has 0 aliphatic carbocycles. The van der Waals surface area contributed by atoms with Crippen LogP contribution in [0.1, 0.15) is 31.9 Å². The van der Waals surface area contributed by atoms with Gasteiger partial charge >= 0.3 is 0 Å². The van der Waals surface area contributed by atoms with Crippen molar-refractivity contribution in [2.45, 2.75) is 39.8 Å². The molecule has 0 amide bonds. The van der Waals surface area contributed by atoms with Gasteiger partial charge < -0.3 is 10.1 Å². The van der Waals surface area contributed by atoms with Gasteiger partial charge in [-0.15, -0.1) is 0 Å². The Morgan fingerprint density at radius 3 is 2.33 bits per heavy atom. The lowest BCUT2D eigenvalue weighted by Crippen LogP contribution is -2.34. The van der Waals surface area contributed by atoms with Crippen LogP contribution in [0.15, 0.2) is 42.5 Å². The van der Waals surface area contributed by atoms with E-state index in [0.717, 1.165) is 12.1 Å². The van der Waals surface area contributed by atoms with E-state index in [1.165, 1.54) is 11.6 Å². The average molecular weight is 287 g/mol. The van der Waals surface area contributed by atoms with E-state index < -0.39 is 0 Å². The van der Waals surface area contributed by atoms with Gasteiger partial charge in [0.1, 0.15) is 5.75 Å². The minimum Gasteiger partial charge on any atom is -0.454 e. The molecule has 0 bridgehead atoms. The van der Waals surface area contributed by atoms with Crippen LogP contribution in [-0.2, 0) is 6.54 Å². The molecule has 0 saturated carbocycles. The van der Waals surface area contributed by atoms with Crippen LogP contribution < -0.4 is 10.1 Å². The maximum absolute atomic E-state index is 13.7. The predicted molar refractivity (Wildman–Crippen MR) is 84.2 cm³/mol. The summed E-state index contributed by atoms with van der Waals surface area (Å²) in [5.74, 6) is 0.550. The Morgan fingerprint density at radius 2 is 1.71 bits per heavy atom. The molecule has 112 valence electrons. The number of aryl methyl sites for hydroxylation is 1. The number of rotatable bonds is 4. The summed E-state index contributed by atoms with van der Waals surface area (Å²) < 4.78 is 19.2. The number of ether oxygens (including phenoxy) is 1. The van der Waals surface area contributed by atoms with Crippen LogP contribution in [0, 0.1) is 12.7 Å². The van der Waals surface area contributed by atoms with Gasteiger partial charge in [0.2, 0.25) is 0 Å². The van der Waals surface area contributed by atoms with Crippen molar-refractivity contribution in [2.24, 2.45) is 0 Å². The van der Waals surface area contributed by atoms with Crippen LogP contribution in [0.2, 0.25) is 0 Å². The summed E-state index contributed by atoms with van der Waals surface area (Å²) in [5.41, 5.74) is 2.22. The van der Waals surface area contributed by atoms with Crippen LogP contribution in [0.4, 0.5) is 4.39 Å². The highest BCUT2D eigenvalue weighted by molar-refractivity contribution is 5.36. The second-order valence-electron chi connectivity index (χ2n) is 6.28. The van der Waals surface area contributed by atoms with E-state index in [4.69, 9.17) is 4.74 Å². The summed E-state index contributed by atoms with van der Waals surface area (Å²) in [4.78, 5) is 0. The molecule has 2 nitrogen and oxygen atoms in total. The van der Waals surface area contributed by atoms with Crippen molar-refractivity contribution in [1.29, 1.82) is 0 Å². The Bertz CT molecular complexity index is 600. The molecule has 2 rings (SSSR count). The van der Waals surface area contributed by atoms with Gasteiger partial charge in [-0.2, -0.15) is 0 Å². The quantitative estimate of drug-likeness (QED) is 0.871. The molecule has 21 heavy (non-hydrogen) atoms. The Hall–Kier alpha value is -1.87. The summed E-state index contributed by atoms with van der Waals surface area (Å²) in [6.07, 6.45) is 0. The largest absolute Gasteiger partial charge is 0.454 e. The van der Waals surface area contributed by atoms with Crippen LogP contribution in [0.3, 0.4) is 0 Å². The lowest BCUT2D eigenvalue weighted by atomic mass is 10.1. The topological polar surface area (TPSA) is 21.3 Å². The summed E-state index contributed by atoms with van der Waals surface area (Å²) in [6, 6.07) is 12.5. The zero-order chi connectivity index (χ0) is 15.5. The molecule has 0 unspecified atom stereocenters. The van der Waals surface area contributed by atoms with E-state index in [0.29, 0.717) is 5.75 Å². The SMILES string of the molecule is Cc1ccc(F)c(Oc2ccc(CNC(C)(C)C)cc2)c1. The Balaban J connectivity index is 2.04. The third kappa shape index (κ3) is 4.87. The van der Waals surface area contributed by atoms with Crippen molar-refractivity contribution in [2.75, 3.05) is 0 Å². The lowest BCUT2D eigenvalue weighted by Gasteiger charge is -2.20. The highest BCUT2D eigenvalue weighted by Crippen LogP contribution is 2.25. The monoisotopic (exact) mass is 287 g/mol. The molecule has 2 aromatic carbocycles. The Morgan fingerprint density at radius 1 is 1.05 bits per heavy atom. The zero-order valence-electron chi connectivity index (χ0n) is 13.0. The molecule has 3 heteroatoms. The molecular formula is C18H22FNO. The number of hydrogen-bond acceptors (Lipinski definition) is 2. The summed E-state index contributed by atoms with van der Waals surface area (Å²) >= 11 is 0. The molecule has 0 aliphatic heterocycles. The van der Waals surface area contributed by atoms with Gasteiger partial charge in [-0.3, -0.25) is 0 Å². The number of halogens is 1. The van der Waals surface area contributed by atoms with Gasteiger partial charge in [0.25, 0.3) is 0 Å². The molecule has 0 aliphatic rings. The van der Waals surface area contributed by atoms with Crippen molar-refractivity contribution in [3.8, 4) is 11.5 Å². The second kappa shape index (κ2) is 6.27. The van der Waals surface area contributed by atoms with Crippen molar-refractivity contribution >= 4 is 0 Å². The van der Waals surface area contributed by atoms with Crippen LogP contribution >= 0.6 is 0 Å². The summed E-state index contributed by atoms with van der Waals surface area (Å²) in [5, 5.41) is 3.42. The van der Waals surface area contributed by atoms with Crippen LogP contribution in [-0.4, -0.2) is 5.54 Å². The molecule has 0 spiro atoms. The number of hydrogen-bond donors (Lipinski definition) is 1. The maximum Gasteiger partial charge on any atom is 0.165 e. The van der Waals surface area contributed by atoms with Crippen molar-refractivity contribution in [3.05, 3.63) is 59.4 Å². The fourth-order valence-corrected chi connectivity index (χ4v) is 1.86. The molecule has 0 aromatic heterocycles. The van der Waals surface area contributed by atoms with Crippen molar-refractivity contribution in [3.63, 3.8) is 0 Å². The van der Waals surface area contributed by atoms with E-state index in [1.807, 2.05) is 31.2 Å². The number of nitrogens with one attached hydrogen (secondary N) is 1. The first-order valence-electron chi connectivity index (χ1n) is 7.11. The summed E-state index contributed by atoms with van der Waals surface area (Å²) in [7, 11) is 0. The Labute approximate surface area is 126 Å². The standard InChI is InChI=1S/C18H22FNO/c1-13-5-10-16(19)17(11-13)21-15-8-6-14(7-9-15)12-20-18(2,3)4/h5-11,20H,12H2,1-4H3. The van der Waals surface area contributed by atoms with Gasteiger partial charge in [0.05, 0.1) is 0 Å². The van der Waals surface area contributed by atoms with Crippen LogP contribution in [0.25, 0.3) is 0 Å². The maximum atomic E-state index is 13.7. The third-order valence-corrected chi connectivity index (χ3v) is 3.06. The highest BCUT2D eigenvalue weighted by Gasteiger charge is 2.09. The minimum atomic E-state index is -0.348. The molecule has 0 atom stereocenters. The fraction of sp³-hybridized carbons (Fsp3) is 0.333. The van der Waals surface area contributed by atoms with Crippen molar-refractivity contribution < 1.29 is 9.13 Å². The first kappa shape index (κ1) is 15.5. The van der Waals surface area contributed by atoms with Gasteiger partial charge in [0, 0.05) is 12.1 Å². The normalized spacial score (nSPS) is 11.5. The predicted octanol–water partition coefficient (Wildman–Crippen LogP) is 4.81. The minimum absolute atomic E-state index is 0.0832. The first-order chi connectivity index (χ1) is 9.83. The van der Waals surface area contributed by atoms with E-state index >= 15 is 0 Å². The molecule has 1 N–H and O–H groups in total. The Kier molecular flexibility index (Phi) is 4.63. The van der Waals surface area contributed by atoms with E-state index in [1.54, 1.807) is 12.1 Å². The average Bonchev–Trinajstić information content (AvgIpc) is 2.41. The molecular weight excluding hydrogens is 265 g/mol. The van der Waals surface area contributed by atoms with Crippen LogP contribution in [0.5, 0.6) is 11.5 Å². The molecule has 0 radical (unpaired) electrons. The van der Waals surface area contributed by atoms with Gasteiger partial charge in [-0.1, -0.05) is 18.2 Å². The zero-order valence-corrected chi connectivity index (χ0v) is 13.0. The molecule has 0 saturated heterocycles. The third-order valence-electron chi connectivity index (χ3n) is 3.06. The lowest BCUT2D eigenvalue weighted by molar-refractivity contribution is 0.423. The second-order valence-corrected chi connectivity index (χ2v) is 6.28. The van der Waals surface area contributed by atoms with Gasteiger partial charge in [-0.25, -0.2) is 4.39 Å². The highest BCUT2D eigenvalue weighted by atomic mass is 19.1. The smallest absolute Gasteiger partial charge is 0.165 e. The van der Waals surface area contributed by atoms with E-state index in [-0.39, 0.29) is 17.1 Å².